The number of nitrogens with zero attached hydrogens (tertiary/aromatic N) is 2. The quantitative estimate of drug-likeness (QED) is 0.633. The van der Waals surface area contributed by atoms with Crippen molar-refractivity contribution < 1.29 is 23.8 Å². The van der Waals surface area contributed by atoms with Gasteiger partial charge in [-0.2, -0.15) is 0 Å². The van der Waals surface area contributed by atoms with Crippen LogP contribution in [-0.4, -0.2) is 21.9 Å². The van der Waals surface area contributed by atoms with Gasteiger partial charge in [0.1, 0.15) is 0 Å². The van der Waals surface area contributed by atoms with E-state index in [4.69, 9.17) is 14.2 Å². The first-order valence-electron chi connectivity index (χ1n) is 6.42. The molecule has 7 nitrogen and oxygen atoms in total. The average Bonchev–Trinajstić information content (AvgIpc) is 2.42. The molecule has 2 rings (SSSR count). The molecule has 0 N–H and O–H groups in total. The Bertz CT molecular complexity index is 663. The molecule has 7 heteroatoms. The van der Waals surface area contributed by atoms with E-state index < -0.39 is 11.9 Å². The highest BCUT2D eigenvalue weighted by atomic mass is 16.6. The van der Waals surface area contributed by atoms with Crippen LogP contribution in [0.4, 0.5) is 0 Å². The highest BCUT2D eigenvalue weighted by Gasteiger charge is 2.19. The van der Waals surface area contributed by atoms with Gasteiger partial charge in [-0.3, -0.25) is 9.59 Å². The van der Waals surface area contributed by atoms with Crippen molar-refractivity contribution in [2.75, 3.05) is 0 Å². The second-order valence-corrected chi connectivity index (χ2v) is 4.41. The molecule has 0 unspecified atom stereocenters. The molecule has 22 heavy (non-hydrogen) atoms. The summed E-state index contributed by atoms with van der Waals surface area (Å²) in [7, 11) is 0. The van der Waals surface area contributed by atoms with Gasteiger partial charge < -0.3 is 14.2 Å². The van der Waals surface area contributed by atoms with Crippen molar-refractivity contribution in [1.29, 1.82) is 0 Å². The Balaban J connectivity index is 2.49. The number of aromatic nitrogens is 2. The van der Waals surface area contributed by atoms with E-state index in [1.165, 1.54) is 26.2 Å². The van der Waals surface area contributed by atoms with Gasteiger partial charge in [0.2, 0.25) is 5.75 Å². The largest absolute Gasteiger partial charge is 0.423 e. The van der Waals surface area contributed by atoms with Gasteiger partial charge >= 0.3 is 17.9 Å². The Hall–Kier alpha value is -2.96. The van der Waals surface area contributed by atoms with E-state index in [0.717, 1.165) is 5.56 Å². The van der Waals surface area contributed by atoms with Crippen LogP contribution < -0.4 is 14.2 Å². The average molecular weight is 302 g/mol. The lowest BCUT2D eigenvalue weighted by Crippen LogP contribution is -2.07. The van der Waals surface area contributed by atoms with Gasteiger partial charge in [-0.05, 0) is 30.7 Å². The molecule has 0 aliphatic carbocycles. The highest BCUT2D eigenvalue weighted by Crippen LogP contribution is 2.41. The summed E-state index contributed by atoms with van der Waals surface area (Å²) in [4.78, 5) is 30.3. The molecule has 0 fully saturated rings. The number of carbonyl (C=O) groups is 2. The fraction of sp³-hybridized carbons (Fsp3) is 0.200. The Morgan fingerprint density at radius 2 is 1.45 bits per heavy atom. The van der Waals surface area contributed by atoms with Crippen LogP contribution in [0.15, 0.2) is 30.6 Å². The van der Waals surface area contributed by atoms with Crippen molar-refractivity contribution in [2.24, 2.45) is 0 Å². The van der Waals surface area contributed by atoms with Crippen LogP contribution in [-0.2, 0) is 9.59 Å². The van der Waals surface area contributed by atoms with E-state index in [1.54, 1.807) is 25.1 Å². The van der Waals surface area contributed by atoms with E-state index in [9.17, 15) is 9.59 Å². The third-order valence-corrected chi connectivity index (χ3v) is 2.41. The highest BCUT2D eigenvalue weighted by molar-refractivity contribution is 5.74. The summed E-state index contributed by atoms with van der Waals surface area (Å²) in [6.07, 6.45) is 2.99. The Morgan fingerprint density at radius 3 is 1.91 bits per heavy atom. The molecule has 0 aliphatic rings. The molecule has 0 spiro atoms. The minimum absolute atomic E-state index is 0.0353. The predicted octanol–water partition coefficient (Wildman–Crippen LogP) is 2.43. The second kappa shape index (κ2) is 6.66. The zero-order valence-electron chi connectivity index (χ0n) is 12.3. The summed E-state index contributed by atoms with van der Waals surface area (Å²) >= 11 is 0. The van der Waals surface area contributed by atoms with Crippen molar-refractivity contribution in [1.82, 2.24) is 9.97 Å². The molecule has 0 atom stereocenters. The zero-order chi connectivity index (χ0) is 16.1. The summed E-state index contributed by atoms with van der Waals surface area (Å²) in [6.45, 7) is 4.29. The standard InChI is InChI=1S/C15H14N2O5/c1-9-7-12(20-10(2)18)14(13(8-9)21-11(3)19)22-15-16-5-4-6-17-15/h4-8H,1-3H3. The SMILES string of the molecule is CC(=O)Oc1cc(C)cc(OC(C)=O)c1Oc1ncccn1. The lowest BCUT2D eigenvalue weighted by atomic mass is 10.2. The monoisotopic (exact) mass is 302 g/mol. The lowest BCUT2D eigenvalue weighted by molar-refractivity contribution is -0.132. The number of ether oxygens (including phenoxy) is 3. The normalized spacial score (nSPS) is 9.95. The second-order valence-electron chi connectivity index (χ2n) is 4.41. The molecular weight excluding hydrogens is 288 g/mol. The van der Waals surface area contributed by atoms with Crippen molar-refractivity contribution in [3.05, 3.63) is 36.2 Å². The summed E-state index contributed by atoms with van der Waals surface area (Å²) in [5.41, 5.74) is 0.730. The number of hydrogen-bond donors (Lipinski definition) is 0. The first-order valence-corrected chi connectivity index (χ1v) is 6.42. The minimum atomic E-state index is -0.529. The van der Waals surface area contributed by atoms with Gasteiger partial charge in [-0.1, -0.05) is 0 Å². The first kappa shape index (κ1) is 15.4. The van der Waals surface area contributed by atoms with Gasteiger partial charge in [0.25, 0.3) is 0 Å². The number of rotatable bonds is 4. The topological polar surface area (TPSA) is 87.6 Å². The predicted molar refractivity (Wildman–Crippen MR) is 75.9 cm³/mol. The summed E-state index contributed by atoms with van der Waals surface area (Å²) < 4.78 is 15.7. The molecule has 1 aromatic heterocycles. The maximum absolute atomic E-state index is 11.2. The third-order valence-electron chi connectivity index (χ3n) is 2.41. The van der Waals surface area contributed by atoms with Crippen molar-refractivity contribution in [3.63, 3.8) is 0 Å². The summed E-state index contributed by atoms with van der Waals surface area (Å²) in [6, 6.07) is 4.84. The number of esters is 2. The van der Waals surface area contributed by atoms with Crippen LogP contribution in [0.5, 0.6) is 23.3 Å². The minimum Gasteiger partial charge on any atom is -0.423 e. The molecular formula is C15H14N2O5. The fourth-order valence-electron chi connectivity index (χ4n) is 1.70. The van der Waals surface area contributed by atoms with Crippen LogP contribution in [0.3, 0.4) is 0 Å². The first-order chi connectivity index (χ1) is 10.5. The van der Waals surface area contributed by atoms with Gasteiger partial charge in [0.05, 0.1) is 0 Å². The molecule has 0 radical (unpaired) electrons. The van der Waals surface area contributed by atoms with Crippen LogP contribution in [0, 0.1) is 6.92 Å². The van der Waals surface area contributed by atoms with Crippen LogP contribution in [0.2, 0.25) is 0 Å². The maximum atomic E-state index is 11.2. The van der Waals surface area contributed by atoms with Crippen molar-refractivity contribution in [2.45, 2.75) is 20.8 Å². The molecule has 1 aromatic carbocycles. The van der Waals surface area contributed by atoms with E-state index in [1.807, 2.05) is 0 Å². The number of carbonyl (C=O) groups excluding carboxylic acids is 2. The molecule has 0 aliphatic heterocycles. The lowest BCUT2D eigenvalue weighted by Gasteiger charge is -2.14. The number of benzene rings is 1. The van der Waals surface area contributed by atoms with Gasteiger partial charge in [-0.25, -0.2) is 9.97 Å². The zero-order valence-corrected chi connectivity index (χ0v) is 12.3. The molecule has 0 bridgehead atoms. The van der Waals surface area contributed by atoms with Crippen molar-refractivity contribution >= 4 is 11.9 Å². The van der Waals surface area contributed by atoms with E-state index >= 15 is 0 Å². The molecule has 0 saturated heterocycles. The molecule has 114 valence electrons. The fourth-order valence-corrected chi connectivity index (χ4v) is 1.70. The summed E-state index contributed by atoms with van der Waals surface area (Å²) in [5.74, 6) is -0.758. The van der Waals surface area contributed by atoms with E-state index in [0.29, 0.717) is 0 Å². The Morgan fingerprint density at radius 1 is 0.955 bits per heavy atom. The van der Waals surface area contributed by atoms with Gasteiger partial charge in [0.15, 0.2) is 11.5 Å². The number of hydrogen-bond acceptors (Lipinski definition) is 7. The molecule has 0 amide bonds. The summed E-state index contributed by atoms with van der Waals surface area (Å²) in [5, 5.41) is 0. The molecule has 0 saturated carbocycles. The smallest absolute Gasteiger partial charge is 0.322 e. The van der Waals surface area contributed by atoms with Crippen LogP contribution in [0.25, 0.3) is 0 Å². The molecule has 2 aromatic rings. The molecule has 1 heterocycles. The Kier molecular flexibility index (Phi) is 4.67. The maximum Gasteiger partial charge on any atom is 0.322 e. The van der Waals surface area contributed by atoms with Crippen LogP contribution in [0.1, 0.15) is 19.4 Å². The van der Waals surface area contributed by atoms with Crippen molar-refractivity contribution in [3.8, 4) is 23.3 Å². The van der Waals surface area contributed by atoms with E-state index in [-0.39, 0.29) is 23.3 Å². The van der Waals surface area contributed by atoms with Gasteiger partial charge in [-0.15, -0.1) is 0 Å². The van der Waals surface area contributed by atoms with Gasteiger partial charge in [0, 0.05) is 26.2 Å². The Labute approximate surface area is 126 Å². The van der Waals surface area contributed by atoms with E-state index in [2.05, 4.69) is 9.97 Å². The third kappa shape index (κ3) is 4.02. The van der Waals surface area contributed by atoms with Crippen LogP contribution >= 0.6 is 0 Å². The number of aryl methyl sites for hydroxylation is 1.